The molecule has 0 atom stereocenters. The highest BCUT2D eigenvalue weighted by Crippen LogP contribution is 2.36. The molecule has 1 aliphatic heterocycles. The van der Waals surface area contributed by atoms with Gasteiger partial charge in [-0.05, 0) is 53.3 Å². The van der Waals surface area contributed by atoms with E-state index in [9.17, 15) is 15.0 Å². The average molecular weight is 428 g/mol. The Hall–Kier alpha value is -3.55. The van der Waals surface area contributed by atoms with E-state index in [1.165, 1.54) is 11.8 Å². The Bertz CT molecular complexity index is 1370. The average Bonchev–Trinajstić information content (AvgIpc) is 3.25. The third-order valence-corrected chi connectivity index (χ3v) is 6.21. The summed E-state index contributed by atoms with van der Waals surface area (Å²) in [5.74, 6) is -2.88. The minimum Gasteiger partial charge on any atom is -0.344 e. The molecule has 0 unspecified atom stereocenters. The fraction of sp³-hybridized carbons (Fsp3) is 0.240. The van der Waals surface area contributed by atoms with Gasteiger partial charge < -0.3 is 10.2 Å². The van der Waals surface area contributed by atoms with Crippen LogP contribution in [0.5, 0.6) is 0 Å². The third kappa shape index (κ3) is 3.01. The number of pyridine rings is 1. The monoisotopic (exact) mass is 428 g/mol. The Balaban J connectivity index is 1.50. The van der Waals surface area contributed by atoms with Crippen molar-refractivity contribution in [3.05, 3.63) is 82.8 Å². The smallest absolute Gasteiger partial charge is 0.296 e. The second-order valence-corrected chi connectivity index (χ2v) is 8.26. The predicted octanol–water partition coefficient (Wildman–Crippen LogP) is 3.26. The van der Waals surface area contributed by atoms with Gasteiger partial charge in [0, 0.05) is 24.8 Å². The van der Waals surface area contributed by atoms with Gasteiger partial charge in [0.1, 0.15) is 5.69 Å². The van der Waals surface area contributed by atoms with Crippen LogP contribution >= 0.6 is 0 Å². The van der Waals surface area contributed by atoms with Crippen molar-refractivity contribution in [2.45, 2.75) is 32.7 Å². The summed E-state index contributed by atoms with van der Waals surface area (Å²) in [5, 5.41) is 27.0. The van der Waals surface area contributed by atoms with E-state index in [1.807, 2.05) is 37.0 Å². The van der Waals surface area contributed by atoms with Crippen LogP contribution < -0.4 is 0 Å². The first-order chi connectivity index (χ1) is 15.3. The second kappa shape index (κ2) is 7.25. The van der Waals surface area contributed by atoms with Crippen molar-refractivity contribution < 1.29 is 15.0 Å². The lowest BCUT2D eigenvalue weighted by Crippen LogP contribution is -2.43. The van der Waals surface area contributed by atoms with E-state index in [1.54, 1.807) is 12.1 Å². The Morgan fingerprint density at radius 3 is 2.56 bits per heavy atom. The number of nitrogens with zero attached hydrogens (tertiary/aromatic N) is 4. The molecule has 0 radical (unpaired) electrons. The first-order valence-corrected chi connectivity index (χ1v) is 10.6. The van der Waals surface area contributed by atoms with Crippen LogP contribution in [0.15, 0.2) is 54.9 Å². The van der Waals surface area contributed by atoms with E-state index >= 15 is 0 Å². The van der Waals surface area contributed by atoms with Crippen LogP contribution in [0, 0.1) is 6.92 Å². The van der Waals surface area contributed by atoms with E-state index in [2.05, 4.69) is 35.2 Å². The number of benzene rings is 2. The molecule has 7 heteroatoms. The summed E-state index contributed by atoms with van der Waals surface area (Å²) in [6, 6.07) is 13.4. The van der Waals surface area contributed by atoms with Gasteiger partial charge in [0.25, 0.3) is 11.8 Å². The molecule has 1 amide bonds. The fourth-order valence-electron chi connectivity index (χ4n) is 4.47. The van der Waals surface area contributed by atoms with Crippen LogP contribution in [0.1, 0.15) is 39.7 Å². The highest BCUT2D eigenvalue weighted by molar-refractivity contribution is 5.99. The number of amides is 1. The maximum Gasteiger partial charge on any atom is 0.296 e. The van der Waals surface area contributed by atoms with Gasteiger partial charge in [0.15, 0.2) is 0 Å². The van der Waals surface area contributed by atoms with Crippen molar-refractivity contribution in [1.29, 1.82) is 0 Å². The molecule has 5 rings (SSSR count). The molecule has 0 saturated carbocycles. The number of hydrogen-bond donors (Lipinski definition) is 2. The van der Waals surface area contributed by atoms with Crippen LogP contribution in [-0.2, 0) is 25.9 Å². The topological polar surface area (TPSA) is 91.5 Å². The molecule has 0 aliphatic carbocycles. The molecule has 3 heterocycles. The molecular weight excluding hydrogens is 404 g/mol. The van der Waals surface area contributed by atoms with Gasteiger partial charge in [0.05, 0.1) is 17.6 Å². The molecule has 2 aromatic carbocycles. The Kier molecular flexibility index (Phi) is 4.62. The Morgan fingerprint density at radius 1 is 1.06 bits per heavy atom. The van der Waals surface area contributed by atoms with Gasteiger partial charge >= 0.3 is 0 Å². The van der Waals surface area contributed by atoms with Crippen molar-refractivity contribution in [3.63, 3.8) is 0 Å². The molecule has 32 heavy (non-hydrogen) atoms. The molecule has 7 nitrogen and oxygen atoms in total. The quantitative estimate of drug-likeness (QED) is 0.487. The van der Waals surface area contributed by atoms with Crippen LogP contribution in [0.2, 0.25) is 0 Å². The number of aliphatic hydroxyl groups is 2. The van der Waals surface area contributed by atoms with E-state index in [-0.39, 0.29) is 17.8 Å². The van der Waals surface area contributed by atoms with Gasteiger partial charge in [0.2, 0.25) is 0 Å². The predicted molar refractivity (Wildman–Crippen MR) is 120 cm³/mol. The zero-order valence-electron chi connectivity index (χ0n) is 18.2. The standard InChI is InChI=1S/C25H24N4O3/c1-4-16-9-10-19(21-14-28(3)27-22(16)21)17-7-8-18(15(2)12-17)13-29-24(30)20-6-5-11-26-23(20)25(29,31)32/h5-12,14,31-32H,4,13H2,1-3H3. The fourth-order valence-corrected chi connectivity index (χ4v) is 4.47. The highest BCUT2D eigenvalue weighted by atomic mass is 16.5. The van der Waals surface area contributed by atoms with E-state index in [4.69, 9.17) is 0 Å². The lowest BCUT2D eigenvalue weighted by atomic mass is 9.95. The normalized spacial score (nSPS) is 14.9. The summed E-state index contributed by atoms with van der Waals surface area (Å²) >= 11 is 0. The number of aryl methyl sites for hydroxylation is 3. The van der Waals surface area contributed by atoms with Crippen LogP contribution in [0.25, 0.3) is 22.0 Å². The molecule has 4 aromatic rings. The van der Waals surface area contributed by atoms with Gasteiger partial charge in [-0.15, -0.1) is 0 Å². The third-order valence-electron chi connectivity index (χ3n) is 6.21. The summed E-state index contributed by atoms with van der Waals surface area (Å²) in [4.78, 5) is 17.8. The van der Waals surface area contributed by atoms with Gasteiger partial charge in [-0.1, -0.05) is 37.3 Å². The SMILES string of the molecule is CCc1ccc(-c2ccc(CN3C(=O)c4cccnc4C3(O)O)c(C)c2)c2cn(C)nc12. The lowest BCUT2D eigenvalue weighted by Gasteiger charge is -2.28. The van der Waals surface area contributed by atoms with Crippen molar-refractivity contribution >= 4 is 16.8 Å². The van der Waals surface area contributed by atoms with Gasteiger partial charge in [-0.2, -0.15) is 5.10 Å². The second-order valence-electron chi connectivity index (χ2n) is 8.26. The summed E-state index contributed by atoms with van der Waals surface area (Å²) in [6.07, 6.45) is 4.39. The van der Waals surface area contributed by atoms with E-state index in [0.29, 0.717) is 0 Å². The van der Waals surface area contributed by atoms with Gasteiger partial charge in [-0.3, -0.25) is 19.4 Å². The van der Waals surface area contributed by atoms with Crippen molar-refractivity contribution in [1.82, 2.24) is 19.7 Å². The lowest BCUT2D eigenvalue weighted by molar-refractivity contribution is -0.254. The van der Waals surface area contributed by atoms with Gasteiger partial charge in [-0.25, -0.2) is 0 Å². The first kappa shape index (κ1) is 20.4. The molecule has 2 aromatic heterocycles. The summed E-state index contributed by atoms with van der Waals surface area (Å²) in [7, 11) is 1.92. The van der Waals surface area contributed by atoms with Crippen LogP contribution in [-0.4, -0.2) is 35.8 Å². The molecule has 0 fully saturated rings. The minimum atomic E-state index is -2.43. The number of hydrogen-bond acceptors (Lipinski definition) is 5. The van der Waals surface area contributed by atoms with Crippen molar-refractivity contribution in [2.75, 3.05) is 0 Å². The number of carbonyl (C=O) groups excluding carboxylic acids is 1. The van der Waals surface area contributed by atoms with E-state index in [0.717, 1.165) is 44.5 Å². The van der Waals surface area contributed by atoms with Crippen LogP contribution in [0.3, 0.4) is 0 Å². The van der Waals surface area contributed by atoms with Crippen molar-refractivity contribution in [3.8, 4) is 11.1 Å². The maximum absolute atomic E-state index is 12.8. The molecule has 1 aliphatic rings. The molecule has 0 saturated heterocycles. The Morgan fingerprint density at radius 2 is 1.84 bits per heavy atom. The number of fused-ring (bicyclic) bond motifs is 2. The summed E-state index contributed by atoms with van der Waals surface area (Å²) in [5.41, 5.74) is 6.31. The first-order valence-electron chi connectivity index (χ1n) is 10.6. The number of carbonyl (C=O) groups is 1. The maximum atomic E-state index is 12.8. The van der Waals surface area contributed by atoms with E-state index < -0.39 is 11.8 Å². The highest BCUT2D eigenvalue weighted by Gasteiger charge is 2.49. The zero-order valence-corrected chi connectivity index (χ0v) is 18.2. The Labute approximate surface area is 185 Å². The molecule has 162 valence electrons. The number of rotatable bonds is 4. The molecule has 0 spiro atoms. The largest absolute Gasteiger partial charge is 0.344 e. The zero-order chi connectivity index (χ0) is 22.6. The minimum absolute atomic E-state index is 0.0331. The van der Waals surface area contributed by atoms with Crippen LogP contribution in [0.4, 0.5) is 0 Å². The number of aromatic nitrogens is 3. The summed E-state index contributed by atoms with van der Waals surface area (Å²) in [6.45, 7) is 4.14. The molecule has 2 N–H and O–H groups in total. The summed E-state index contributed by atoms with van der Waals surface area (Å²) < 4.78 is 1.83. The molecular formula is C25H24N4O3. The molecule has 0 bridgehead atoms. The van der Waals surface area contributed by atoms with Crippen molar-refractivity contribution in [2.24, 2.45) is 7.05 Å².